The van der Waals surface area contributed by atoms with Crippen molar-refractivity contribution in [3.63, 3.8) is 0 Å². The van der Waals surface area contributed by atoms with Gasteiger partial charge >= 0.3 is 0 Å². The number of carbonyl (C=O) groups is 2. The van der Waals surface area contributed by atoms with Crippen LogP contribution in [0.15, 0.2) is 41.3 Å². The molecule has 118 valence electrons. The number of phenolic OH excluding ortho intramolecular Hbond substituents is 1. The predicted molar refractivity (Wildman–Crippen MR) is 91.2 cm³/mol. The van der Waals surface area contributed by atoms with Crippen molar-refractivity contribution in [1.82, 2.24) is 0 Å². The van der Waals surface area contributed by atoms with E-state index in [1.54, 1.807) is 24.3 Å². The van der Waals surface area contributed by atoms with E-state index in [0.29, 0.717) is 22.7 Å². The molecule has 6 heteroatoms. The number of phenols is 1. The highest BCUT2D eigenvalue weighted by molar-refractivity contribution is 8.00. The molecule has 0 spiro atoms. The molecule has 0 unspecified atom stereocenters. The lowest BCUT2D eigenvalue weighted by Crippen LogP contribution is -2.20. The van der Waals surface area contributed by atoms with Gasteiger partial charge in [0.1, 0.15) is 5.75 Å². The van der Waals surface area contributed by atoms with Crippen LogP contribution in [0.3, 0.4) is 0 Å². The number of hydrogen-bond donors (Lipinski definition) is 3. The second-order valence-electron chi connectivity index (χ2n) is 5.21. The minimum atomic E-state index is -0.332. The molecule has 0 saturated heterocycles. The van der Waals surface area contributed by atoms with Crippen LogP contribution in [0.5, 0.6) is 5.75 Å². The van der Waals surface area contributed by atoms with Crippen LogP contribution >= 0.6 is 11.8 Å². The fourth-order valence-electron chi connectivity index (χ4n) is 2.32. The summed E-state index contributed by atoms with van der Waals surface area (Å²) in [7, 11) is 0. The lowest BCUT2D eigenvalue weighted by atomic mass is 10.1. The van der Waals surface area contributed by atoms with Crippen LogP contribution in [0.1, 0.15) is 22.8 Å². The van der Waals surface area contributed by atoms with Gasteiger partial charge in [-0.1, -0.05) is 13.0 Å². The second kappa shape index (κ2) is 6.34. The average molecular weight is 328 g/mol. The second-order valence-corrected chi connectivity index (χ2v) is 6.22. The maximum absolute atomic E-state index is 12.4. The minimum absolute atomic E-state index is 0.0253. The van der Waals surface area contributed by atoms with Gasteiger partial charge in [-0.25, -0.2) is 0 Å². The first-order valence-electron chi connectivity index (χ1n) is 7.26. The molecule has 0 bridgehead atoms. The van der Waals surface area contributed by atoms with Gasteiger partial charge in [-0.05, 0) is 42.3 Å². The van der Waals surface area contributed by atoms with Gasteiger partial charge in [0.2, 0.25) is 5.91 Å². The molecule has 3 rings (SSSR count). The van der Waals surface area contributed by atoms with E-state index in [1.807, 2.05) is 19.1 Å². The normalized spacial score (nSPS) is 13.2. The van der Waals surface area contributed by atoms with Crippen LogP contribution in [0.2, 0.25) is 0 Å². The topological polar surface area (TPSA) is 78.4 Å². The van der Waals surface area contributed by atoms with Crippen LogP contribution < -0.4 is 10.6 Å². The maximum atomic E-state index is 12.4. The number of fused-ring (bicyclic) bond motifs is 1. The molecule has 1 heterocycles. The number of aryl methyl sites for hydroxylation is 1. The summed E-state index contributed by atoms with van der Waals surface area (Å²) in [4.78, 5) is 24.8. The number of thioether (sulfide) groups is 1. The molecule has 1 aliphatic rings. The summed E-state index contributed by atoms with van der Waals surface area (Å²) >= 11 is 1.44. The van der Waals surface area contributed by atoms with Crippen molar-refractivity contribution in [2.45, 2.75) is 18.2 Å². The zero-order valence-corrected chi connectivity index (χ0v) is 13.4. The highest BCUT2D eigenvalue weighted by atomic mass is 32.2. The van der Waals surface area contributed by atoms with E-state index in [-0.39, 0.29) is 17.6 Å². The molecule has 0 aliphatic carbocycles. The lowest BCUT2D eigenvalue weighted by Gasteiger charge is -2.17. The molecule has 5 nitrogen and oxygen atoms in total. The smallest absolute Gasteiger partial charge is 0.255 e. The quantitative estimate of drug-likeness (QED) is 0.756. The molecule has 2 aromatic carbocycles. The highest BCUT2D eigenvalue weighted by Gasteiger charge is 2.17. The molecule has 23 heavy (non-hydrogen) atoms. The molecule has 2 aromatic rings. The summed E-state index contributed by atoms with van der Waals surface area (Å²) in [6.45, 7) is 2.00. The van der Waals surface area contributed by atoms with Crippen molar-refractivity contribution in [2.24, 2.45) is 0 Å². The van der Waals surface area contributed by atoms with Crippen molar-refractivity contribution in [3.05, 3.63) is 47.5 Å². The van der Waals surface area contributed by atoms with Crippen molar-refractivity contribution in [2.75, 3.05) is 16.4 Å². The monoisotopic (exact) mass is 328 g/mol. The number of nitrogens with one attached hydrogen (secondary N) is 2. The largest absolute Gasteiger partial charge is 0.506 e. The van der Waals surface area contributed by atoms with Gasteiger partial charge in [-0.2, -0.15) is 0 Å². The Labute approximate surface area is 138 Å². The van der Waals surface area contributed by atoms with Crippen LogP contribution in [0.4, 0.5) is 11.4 Å². The lowest BCUT2D eigenvalue weighted by molar-refractivity contribution is -0.113. The van der Waals surface area contributed by atoms with Gasteiger partial charge in [-0.15, -0.1) is 11.8 Å². The zero-order chi connectivity index (χ0) is 16.4. The number of amides is 2. The molecule has 0 saturated carbocycles. The number of carbonyl (C=O) groups excluding carboxylic acids is 2. The fraction of sp³-hybridized carbons (Fsp3) is 0.176. The summed E-state index contributed by atoms with van der Waals surface area (Å²) in [5.41, 5.74) is 2.47. The van der Waals surface area contributed by atoms with E-state index in [9.17, 15) is 14.7 Å². The van der Waals surface area contributed by atoms with Crippen LogP contribution in [-0.2, 0) is 11.2 Å². The molecule has 1 aliphatic heterocycles. The highest BCUT2D eigenvalue weighted by Crippen LogP contribution is 2.32. The first-order chi connectivity index (χ1) is 11.1. The molecule has 3 N–H and O–H groups in total. The standard InChI is InChI=1S/C17H16N2O3S/c1-2-10-3-5-14(20)12(7-10)19-17(22)11-4-6-15-13(8-11)18-16(21)9-23-15/h3-8,20H,2,9H2,1H3,(H,18,21)(H,19,22). The van der Waals surface area contributed by atoms with Crippen LogP contribution in [0, 0.1) is 0 Å². The number of rotatable bonds is 3. The number of anilines is 2. The molecular formula is C17H16N2O3S. The van der Waals surface area contributed by atoms with Crippen molar-refractivity contribution in [3.8, 4) is 5.75 Å². The van der Waals surface area contributed by atoms with Gasteiger partial charge in [0.25, 0.3) is 5.91 Å². The van der Waals surface area contributed by atoms with E-state index in [1.165, 1.54) is 11.8 Å². The first-order valence-corrected chi connectivity index (χ1v) is 8.25. The third kappa shape index (κ3) is 3.32. The summed E-state index contributed by atoms with van der Waals surface area (Å²) in [6, 6.07) is 10.3. The van der Waals surface area contributed by atoms with E-state index >= 15 is 0 Å². The van der Waals surface area contributed by atoms with Crippen molar-refractivity contribution >= 4 is 35.0 Å². The Morgan fingerprint density at radius 1 is 1.30 bits per heavy atom. The predicted octanol–water partition coefficient (Wildman–Crippen LogP) is 3.25. The fourth-order valence-corrected chi connectivity index (χ4v) is 3.11. The van der Waals surface area contributed by atoms with Gasteiger partial charge in [0.15, 0.2) is 0 Å². The number of hydrogen-bond acceptors (Lipinski definition) is 4. The summed E-state index contributed by atoms with van der Waals surface area (Å²) < 4.78 is 0. The third-order valence-electron chi connectivity index (χ3n) is 3.59. The molecule has 0 fully saturated rings. The van der Waals surface area contributed by atoms with E-state index in [0.717, 1.165) is 16.9 Å². The molecule has 2 amide bonds. The van der Waals surface area contributed by atoms with E-state index < -0.39 is 0 Å². The van der Waals surface area contributed by atoms with E-state index in [4.69, 9.17) is 0 Å². The van der Waals surface area contributed by atoms with Gasteiger partial charge in [0, 0.05) is 10.5 Å². The summed E-state index contributed by atoms with van der Waals surface area (Å²) in [5.74, 6) is 0.00264. The number of aromatic hydroxyl groups is 1. The first kappa shape index (κ1) is 15.4. The third-order valence-corrected chi connectivity index (χ3v) is 4.67. The van der Waals surface area contributed by atoms with Crippen molar-refractivity contribution < 1.29 is 14.7 Å². The minimum Gasteiger partial charge on any atom is -0.506 e. The molecule has 0 aromatic heterocycles. The summed E-state index contributed by atoms with van der Waals surface area (Å²) in [5, 5.41) is 15.3. The Morgan fingerprint density at radius 2 is 2.13 bits per heavy atom. The SMILES string of the molecule is CCc1ccc(O)c(NC(=O)c2ccc3c(c2)NC(=O)CS3)c1. The van der Waals surface area contributed by atoms with Crippen LogP contribution in [-0.4, -0.2) is 22.7 Å². The number of benzene rings is 2. The Bertz CT molecular complexity index is 789. The maximum Gasteiger partial charge on any atom is 0.255 e. The molecular weight excluding hydrogens is 312 g/mol. The Kier molecular flexibility index (Phi) is 4.25. The van der Waals surface area contributed by atoms with Gasteiger partial charge < -0.3 is 15.7 Å². The van der Waals surface area contributed by atoms with E-state index in [2.05, 4.69) is 10.6 Å². The Morgan fingerprint density at radius 3 is 2.91 bits per heavy atom. The van der Waals surface area contributed by atoms with Crippen LogP contribution in [0.25, 0.3) is 0 Å². The Hall–Kier alpha value is -2.47. The zero-order valence-electron chi connectivity index (χ0n) is 12.6. The van der Waals surface area contributed by atoms with Crippen molar-refractivity contribution in [1.29, 1.82) is 0 Å². The van der Waals surface area contributed by atoms with Gasteiger partial charge in [0.05, 0.1) is 17.1 Å². The Balaban J connectivity index is 1.84. The van der Waals surface area contributed by atoms with Gasteiger partial charge in [-0.3, -0.25) is 9.59 Å². The molecule has 0 radical (unpaired) electrons. The average Bonchev–Trinajstić information content (AvgIpc) is 2.56. The summed E-state index contributed by atoms with van der Waals surface area (Å²) in [6.07, 6.45) is 0.811. The molecule has 0 atom stereocenters.